The van der Waals surface area contributed by atoms with Crippen LogP contribution in [0.5, 0.6) is 0 Å². The highest BCUT2D eigenvalue weighted by molar-refractivity contribution is 7.71. The molecular formula is C10H15F3N4OS. The molecule has 0 spiro atoms. The fourth-order valence-electron chi connectivity index (χ4n) is 2.05. The lowest BCUT2D eigenvalue weighted by molar-refractivity contribution is -0.273. The van der Waals surface area contributed by atoms with Gasteiger partial charge in [0.15, 0.2) is 10.4 Å². The Kier molecular flexibility index (Phi) is 3.72. The maximum absolute atomic E-state index is 12.6. The van der Waals surface area contributed by atoms with Crippen LogP contribution in [0.25, 0.3) is 0 Å². The van der Waals surface area contributed by atoms with Gasteiger partial charge in [-0.15, -0.1) is 0 Å². The van der Waals surface area contributed by atoms with E-state index < -0.39 is 11.8 Å². The average Bonchev–Trinajstić information content (AvgIpc) is 2.63. The maximum atomic E-state index is 12.6. The Labute approximate surface area is 113 Å². The lowest BCUT2D eigenvalue weighted by Gasteiger charge is -2.38. The van der Waals surface area contributed by atoms with E-state index in [1.165, 1.54) is 0 Å². The first-order valence-corrected chi connectivity index (χ1v) is 6.24. The highest BCUT2D eigenvalue weighted by atomic mass is 32.1. The summed E-state index contributed by atoms with van der Waals surface area (Å²) in [5.74, 6) is 0. The second kappa shape index (κ2) is 4.88. The molecule has 1 aromatic heterocycles. The van der Waals surface area contributed by atoms with E-state index in [4.69, 9.17) is 12.2 Å². The first-order chi connectivity index (χ1) is 8.73. The number of halogens is 3. The van der Waals surface area contributed by atoms with Crippen molar-refractivity contribution in [2.24, 2.45) is 7.05 Å². The number of aryl methyl sites for hydroxylation is 1. The summed E-state index contributed by atoms with van der Waals surface area (Å²) < 4.78 is 41.6. The molecule has 0 bridgehead atoms. The highest BCUT2D eigenvalue weighted by Gasteiger charge is 2.54. The molecule has 0 radical (unpaired) electrons. The monoisotopic (exact) mass is 296 g/mol. The topological polar surface area (TPSA) is 46.2 Å². The number of nitrogens with zero attached hydrogens (tertiary/aromatic N) is 4. The third-order valence-electron chi connectivity index (χ3n) is 3.43. The van der Waals surface area contributed by atoms with Gasteiger partial charge in [0.25, 0.3) is 0 Å². The lowest BCUT2D eigenvalue weighted by atomic mass is 9.91. The van der Waals surface area contributed by atoms with Crippen LogP contribution in [0.4, 0.5) is 13.2 Å². The summed E-state index contributed by atoms with van der Waals surface area (Å²) in [6.07, 6.45) is -3.66. The summed E-state index contributed by atoms with van der Waals surface area (Å²) in [6.45, 7) is 0.663. The predicted octanol–water partition coefficient (Wildman–Crippen LogP) is 1.30. The number of likely N-dealkylation sites (tertiary alicyclic amines) is 1. The molecule has 1 saturated heterocycles. The van der Waals surface area contributed by atoms with Crippen molar-refractivity contribution < 1.29 is 18.3 Å². The molecular weight excluding hydrogens is 281 g/mol. The molecule has 1 fully saturated rings. The molecule has 19 heavy (non-hydrogen) atoms. The van der Waals surface area contributed by atoms with Crippen LogP contribution in [0, 0.1) is 4.77 Å². The number of aromatic nitrogens is 3. The van der Waals surface area contributed by atoms with Crippen molar-refractivity contribution in [1.82, 2.24) is 19.2 Å². The van der Waals surface area contributed by atoms with Gasteiger partial charge in [-0.2, -0.15) is 18.3 Å². The van der Waals surface area contributed by atoms with Crippen LogP contribution in [0.15, 0.2) is 6.33 Å². The minimum absolute atomic E-state index is 0.161. The fourth-order valence-corrected chi connectivity index (χ4v) is 2.21. The molecule has 2 heterocycles. The molecule has 0 unspecified atom stereocenters. The van der Waals surface area contributed by atoms with Crippen LogP contribution in [0.1, 0.15) is 12.8 Å². The maximum Gasteiger partial charge on any atom is 0.417 e. The predicted molar refractivity (Wildman–Crippen MR) is 63.8 cm³/mol. The molecule has 0 saturated carbocycles. The number of hydrogen-bond donors (Lipinski definition) is 1. The Morgan fingerprint density at radius 2 is 2.00 bits per heavy atom. The summed E-state index contributed by atoms with van der Waals surface area (Å²) in [7, 11) is 1.75. The second-order valence-corrected chi connectivity index (χ2v) is 5.18. The van der Waals surface area contributed by atoms with Gasteiger partial charge in [0.1, 0.15) is 6.33 Å². The second-order valence-electron chi connectivity index (χ2n) is 4.81. The molecule has 2 rings (SSSR count). The van der Waals surface area contributed by atoms with Crippen molar-refractivity contribution >= 4 is 12.2 Å². The summed E-state index contributed by atoms with van der Waals surface area (Å²) in [4.78, 5) is 1.79. The molecule has 0 aromatic carbocycles. The Morgan fingerprint density at radius 1 is 1.42 bits per heavy atom. The smallest absolute Gasteiger partial charge is 0.380 e. The quantitative estimate of drug-likeness (QED) is 0.836. The van der Waals surface area contributed by atoms with E-state index in [-0.39, 0.29) is 25.9 Å². The van der Waals surface area contributed by atoms with Gasteiger partial charge in [-0.25, -0.2) is 4.68 Å². The van der Waals surface area contributed by atoms with Crippen LogP contribution in [-0.4, -0.2) is 49.2 Å². The van der Waals surface area contributed by atoms with E-state index in [9.17, 15) is 18.3 Å². The standard InChI is InChI=1S/C10H15F3N4OS/c1-15-6-14-17(8(15)19)7-16-4-2-9(18,3-5-16)10(11,12)13/h6,18H,2-5,7H2,1H3. The van der Waals surface area contributed by atoms with E-state index in [1.807, 2.05) is 0 Å². The van der Waals surface area contributed by atoms with Gasteiger partial charge in [-0.3, -0.25) is 4.90 Å². The molecule has 1 aliphatic heterocycles. The van der Waals surface area contributed by atoms with E-state index in [2.05, 4.69) is 5.10 Å². The Balaban J connectivity index is 1.98. The van der Waals surface area contributed by atoms with E-state index in [0.717, 1.165) is 0 Å². The molecule has 0 atom stereocenters. The number of piperidine rings is 1. The van der Waals surface area contributed by atoms with Gasteiger partial charge in [0.2, 0.25) is 0 Å². The first kappa shape index (κ1) is 14.5. The molecule has 108 valence electrons. The van der Waals surface area contributed by atoms with Crippen LogP contribution in [-0.2, 0) is 13.7 Å². The molecule has 5 nitrogen and oxygen atoms in total. The first-order valence-electron chi connectivity index (χ1n) is 5.83. The van der Waals surface area contributed by atoms with Crippen molar-refractivity contribution in [3.8, 4) is 0 Å². The number of aliphatic hydroxyl groups is 1. The van der Waals surface area contributed by atoms with E-state index in [0.29, 0.717) is 11.4 Å². The number of rotatable bonds is 2. The summed E-state index contributed by atoms with van der Waals surface area (Å²) >= 11 is 5.11. The van der Waals surface area contributed by atoms with Crippen molar-refractivity contribution in [1.29, 1.82) is 0 Å². The minimum atomic E-state index is -4.57. The van der Waals surface area contributed by atoms with Crippen LogP contribution in [0.3, 0.4) is 0 Å². The van der Waals surface area contributed by atoms with Gasteiger partial charge >= 0.3 is 6.18 Å². The van der Waals surface area contributed by atoms with Crippen LogP contribution >= 0.6 is 12.2 Å². The van der Waals surface area contributed by atoms with Gasteiger partial charge in [-0.1, -0.05) is 0 Å². The molecule has 1 N–H and O–H groups in total. The van der Waals surface area contributed by atoms with Gasteiger partial charge in [-0.05, 0) is 25.1 Å². The zero-order valence-corrected chi connectivity index (χ0v) is 11.2. The highest BCUT2D eigenvalue weighted by Crippen LogP contribution is 2.38. The Morgan fingerprint density at radius 3 is 2.42 bits per heavy atom. The normalized spacial score (nSPS) is 20.7. The van der Waals surface area contributed by atoms with Gasteiger partial charge in [0, 0.05) is 20.1 Å². The van der Waals surface area contributed by atoms with Crippen molar-refractivity contribution in [2.45, 2.75) is 31.3 Å². The fraction of sp³-hybridized carbons (Fsp3) is 0.800. The van der Waals surface area contributed by atoms with Crippen molar-refractivity contribution in [3.05, 3.63) is 11.1 Å². The average molecular weight is 296 g/mol. The largest absolute Gasteiger partial charge is 0.417 e. The summed E-state index contributed by atoms with van der Waals surface area (Å²) in [6, 6.07) is 0. The number of hydrogen-bond acceptors (Lipinski definition) is 4. The lowest BCUT2D eigenvalue weighted by Crippen LogP contribution is -2.53. The van der Waals surface area contributed by atoms with Crippen molar-refractivity contribution in [3.63, 3.8) is 0 Å². The van der Waals surface area contributed by atoms with E-state index in [1.54, 1.807) is 27.5 Å². The third kappa shape index (κ3) is 2.82. The molecule has 1 aromatic rings. The van der Waals surface area contributed by atoms with Gasteiger partial charge < -0.3 is 9.67 Å². The van der Waals surface area contributed by atoms with Crippen molar-refractivity contribution in [2.75, 3.05) is 13.1 Å². The third-order valence-corrected chi connectivity index (χ3v) is 3.93. The molecule has 9 heteroatoms. The summed E-state index contributed by atoms with van der Waals surface area (Å²) in [5, 5.41) is 13.6. The van der Waals surface area contributed by atoms with E-state index >= 15 is 0 Å². The minimum Gasteiger partial charge on any atom is -0.380 e. The number of alkyl halides is 3. The molecule has 0 amide bonds. The zero-order chi connectivity index (χ0) is 14.3. The summed E-state index contributed by atoms with van der Waals surface area (Å²) in [5.41, 5.74) is -2.56. The zero-order valence-electron chi connectivity index (χ0n) is 10.4. The Hall–Kier alpha value is -0.930. The van der Waals surface area contributed by atoms with Gasteiger partial charge in [0.05, 0.1) is 6.67 Å². The molecule has 0 aliphatic carbocycles. The van der Waals surface area contributed by atoms with Crippen LogP contribution in [0.2, 0.25) is 0 Å². The Bertz CT molecular complexity index is 502. The molecule has 1 aliphatic rings. The van der Waals surface area contributed by atoms with Crippen LogP contribution < -0.4 is 0 Å². The SMILES string of the molecule is Cn1cnn(CN2CCC(O)(C(F)(F)F)CC2)c1=S.